The maximum atomic E-state index is 10.9. The molecule has 0 aliphatic rings. The number of halogens is 1. The van der Waals surface area contributed by atoms with Gasteiger partial charge in [0.1, 0.15) is 12.0 Å². The van der Waals surface area contributed by atoms with Gasteiger partial charge in [-0.25, -0.2) is 0 Å². The highest BCUT2D eigenvalue weighted by Gasteiger charge is 2.22. The zero-order valence-corrected chi connectivity index (χ0v) is 10.1. The van der Waals surface area contributed by atoms with E-state index in [0.29, 0.717) is 0 Å². The molecule has 0 bridgehead atoms. The largest absolute Gasteiger partial charge is 0.497 e. The molecule has 14 heavy (non-hydrogen) atoms. The summed E-state index contributed by atoms with van der Waals surface area (Å²) in [6.45, 7) is 3.75. The third-order valence-electron chi connectivity index (χ3n) is 2.16. The summed E-state index contributed by atoms with van der Waals surface area (Å²) in [6.07, 6.45) is 0.937. The van der Waals surface area contributed by atoms with E-state index < -0.39 is 5.41 Å². The van der Waals surface area contributed by atoms with Crippen LogP contribution >= 0.6 is 15.9 Å². The normalized spacial score (nSPS) is 11.1. The molecule has 1 aromatic carbocycles. The van der Waals surface area contributed by atoms with E-state index in [4.69, 9.17) is 4.74 Å². The second kappa shape index (κ2) is 4.13. The number of carbonyl (C=O) groups excluding carboxylic acids is 1. The SMILES string of the molecule is COc1ccc(Br)c(C(C)(C)C=O)c1. The van der Waals surface area contributed by atoms with Crippen LogP contribution in [0.4, 0.5) is 0 Å². The topological polar surface area (TPSA) is 26.3 Å². The molecule has 0 amide bonds. The van der Waals surface area contributed by atoms with Crippen molar-refractivity contribution in [3.8, 4) is 5.75 Å². The lowest BCUT2D eigenvalue weighted by Crippen LogP contribution is -2.19. The fourth-order valence-electron chi connectivity index (χ4n) is 1.19. The van der Waals surface area contributed by atoms with Gasteiger partial charge < -0.3 is 9.53 Å². The van der Waals surface area contributed by atoms with Gasteiger partial charge in [0.05, 0.1) is 7.11 Å². The molecule has 2 nitrogen and oxygen atoms in total. The Morgan fingerprint density at radius 3 is 2.57 bits per heavy atom. The fourth-order valence-corrected chi connectivity index (χ4v) is 1.95. The lowest BCUT2D eigenvalue weighted by molar-refractivity contribution is -0.111. The maximum absolute atomic E-state index is 10.9. The number of methoxy groups -OCH3 is 1. The van der Waals surface area contributed by atoms with Crippen molar-refractivity contribution in [2.45, 2.75) is 19.3 Å². The Balaban J connectivity index is 3.25. The second-order valence-corrected chi connectivity index (χ2v) is 4.54. The highest BCUT2D eigenvalue weighted by Crippen LogP contribution is 2.31. The van der Waals surface area contributed by atoms with Crippen LogP contribution in [0.3, 0.4) is 0 Å². The van der Waals surface area contributed by atoms with Crippen molar-refractivity contribution in [1.82, 2.24) is 0 Å². The van der Waals surface area contributed by atoms with Crippen molar-refractivity contribution < 1.29 is 9.53 Å². The summed E-state index contributed by atoms with van der Waals surface area (Å²) in [6, 6.07) is 5.62. The molecule has 0 heterocycles. The number of hydrogen-bond donors (Lipinski definition) is 0. The summed E-state index contributed by atoms with van der Waals surface area (Å²) in [5.41, 5.74) is 0.444. The smallest absolute Gasteiger partial charge is 0.130 e. The molecule has 0 aliphatic carbocycles. The van der Waals surface area contributed by atoms with Crippen molar-refractivity contribution in [2.75, 3.05) is 7.11 Å². The van der Waals surface area contributed by atoms with Gasteiger partial charge in [0.15, 0.2) is 0 Å². The van der Waals surface area contributed by atoms with E-state index in [2.05, 4.69) is 15.9 Å². The van der Waals surface area contributed by atoms with E-state index in [1.807, 2.05) is 32.0 Å². The number of benzene rings is 1. The summed E-state index contributed by atoms with van der Waals surface area (Å²) in [4.78, 5) is 10.9. The van der Waals surface area contributed by atoms with Crippen LogP contribution in [0.15, 0.2) is 22.7 Å². The minimum absolute atomic E-state index is 0.493. The van der Waals surface area contributed by atoms with E-state index >= 15 is 0 Å². The molecule has 0 radical (unpaired) electrons. The van der Waals surface area contributed by atoms with Crippen molar-refractivity contribution in [3.05, 3.63) is 28.2 Å². The molecule has 0 fully saturated rings. The summed E-state index contributed by atoms with van der Waals surface area (Å²) >= 11 is 3.42. The maximum Gasteiger partial charge on any atom is 0.130 e. The highest BCUT2D eigenvalue weighted by molar-refractivity contribution is 9.10. The van der Waals surface area contributed by atoms with Crippen molar-refractivity contribution >= 4 is 22.2 Å². The zero-order chi connectivity index (χ0) is 10.8. The highest BCUT2D eigenvalue weighted by atomic mass is 79.9. The van der Waals surface area contributed by atoms with Gasteiger partial charge in [-0.05, 0) is 37.6 Å². The number of rotatable bonds is 3. The molecule has 0 spiro atoms. The molecule has 0 saturated carbocycles. The average Bonchev–Trinajstić information content (AvgIpc) is 2.18. The summed E-state index contributed by atoms with van der Waals surface area (Å²) in [5.74, 6) is 0.762. The molecular formula is C11H13BrO2. The lowest BCUT2D eigenvalue weighted by Gasteiger charge is -2.19. The Kier molecular flexibility index (Phi) is 3.32. The molecule has 0 aliphatic heterocycles. The van der Waals surface area contributed by atoms with Gasteiger partial charge in [0.2, 0.25) is 0 Å². The number of hydrogen-bond acceptors (Lipinski definition) is 2. The number of carbonyl (C=O) groups is 1. The number of aldehydes is 1. The van der Waals surface area contributed by atoms with Gasteiger partial charge >= 0.3 is 0 Å². The molecule has 0 unspecified atom stereocenters. The first-order chi connectivity index (χ1) is 6.51. The molecule has 3 heteroatoms. The second-order valence-electron chi connectivity index (χ2n) is 3.69. The summed E-state index contributed by atoms with van der Waals surface area (Å²) in [7, 11) is 1.61. The van der Waals surface area contributed by atoms with Gasteiger partial charge in [-0.2, -0.15) is 0 Å². The van der Waals surface area contributed by atoms with Crippen LogP contribution in [0.25, 0.3) is 0 Å². The van der Waals surface area contributed by atoms with Gasteiger partial charge in [-0.15, -0.1) is 0 Å². The van der Waals surface area contributed by atoms with E-state index in [-0.39, 0.29) is 0 Å². The fraction of sp³-hybridized carbons (Fsp3) is 0.364. The van der Waals surface area contributed by atoms with E-state index in [1.165, 1.54) is 0 Å². The van der Waals surface area contributed by atoms with Gasteiger partial charge in [0, 0.05) is 9.89 Å². The third kappa shape index (κ3) is 2.15. The van der Waals surface area contributed by atoms with Crippen LogP contribution in [0, 0.1) is 0 Å². The van der Waals surface area contributed by atoms with Crippen molar-refractivity contribution in [1.29, 1.82) is 0 Å². The Hall–Kier alpha value is -0.830. The Morgan fingerprint density at radius 1 is 1.43 bits per heavy atom. The molecule has 1 rings (SSSR count). The van der Waals surface area contributed by atoms with Gasteiger partial charge in [-0.1, -0.05) is 15.9 Å². The van der Waals surface area contributed by atoms with Crippen molar-refractivity contribution in [2.24, 2.45) is 0 Å². The average molecular weight is 257 g/mol. The monoisotopic (exact) mass is 256 g/mol. The van der Waals surface area contributed by atoms with Crippen LogP contribution in [-0.2, 0) is 10.2 Å². The molecule has 0 aromatic heterocycles. The molecule has 0 N–H and O–H groups in total. The van der Waals surface area contributed by atoms with E-state index in [1.54, 1.807) is 7.11 Å². The standard InChI is InChI=1S/C11H13BrO2/c1-11(2,7-13)9-6-8(14-3)4-5-10(9)12/h4-7H,1-3H3. The first kappa shape index (κ1) is 11.2. The predicted molar refractivity (Wildman–Crippen MR) is 59.8 cm³/mol. The lowest BCUT2D eigenvalue weighted by atomic mass is 9.86. The predicted octanol–water partition coefficient (Wildman–Crippen LogP) is 2.93. The van der Waals surface area contributed by atoms with Crippen LogP contribution < -0.4 is 4.74 Å². The molecule has 0 saturated heterocycles. The first-order valence-corrected chi connectivity index (χ1v) is 5.11. The van der Waals surface area contributed by atoms with E-state index in [9.17, 15) is 4.79 Å². The number of ether oxygens (including phenoxy) is 1. The molecular weight excluding hydrogens is 244 g/mol. The molecule has 76 valence electrons. The molecule has 0 atom stereocenters. The zero-order valence-electron chi connectivity index (χ0n) is 8.50. The molecule has 1 aromatic rings. The quantitative estimate of drug-likeness (QED) is 0.778. The van der Waals surface area contributed by atoms with E-state index in [0.717, 1.165) is 22.1 Å². The van der Waals surface area contributed by atoms with Crippen LogP contribution in [0.2, 0.25) is 0 Å². The third-order valence-corrected chi connectivity index (χ3v) is 2.85. The Labute approximate surface area is 92.4 Å². The van der Waals surface area contributed by atoms with Crippen LogP contribution in [0.5, 0.6) is 5.75 Å². The van der Waals surface area contributed by atoms with Crippen molar-refractivity contribution in [3.63, 3.8) is 0 Å². The summed E-state index contributed by atoms with van der Waals surface area (Å²) in [5, 5.41) is 0. The summed E-state index contributed by atoms with van der Waals surface area (Å²) < 4.78 is 6.04. The Bertz CT molecular complexity index is 345. The van der Waals surface area contributed by atoms with Crippen LogP contribution in [-0.4, -0.2) is 13.4 Å². The Morgan fingerprint density at radius 2 is 2.07 bits per heavy atom. The minimum atomic E-state index is -0.493. The minimum Gasteiger partial charge on any atom is -0.497 e. The first-order valence-electron chi connectivity index (χ1n) is 4.31. The van der Waals surface area contributed by atoms with Gasteiger partial charge in [-0.3, -0.25) is 0 Å². The van der Waals surface area contributed by atoms with Crippen LogP contribution in [0.1, 0.15) is 19.4 Å². The van der Waals surface area contributed by atoms with Gasteiger partial charge in [0.25, 0.3) is 0 Å².